The maximum absolute atomic E-state index is 5.87. The van der Waals surface area contributed by atoms with E-state index in [1.165, 1.54) is 12.8 Å². The van der Waals surface area contributed by atoms with Crippen molar-refractivity contribution in [3.8, 4) is 10.8 Å². The number of ether oxygens (including phenoxy) is 2. The van der Waals surface area contributed by atoms with Crippen LogP contribution in [0.15, 0.2) is 21.9 Å². The summed E-state index contributed by atoms with van der Waals surface area (Å²) in [6, 6.07) is 4.39. The van der Waals surface area contributed by atoms with Crippen molar-refractivity contribution < 1.29 is 13.9 Å². The predicted molar refractivity (Wildman–Crippen MR) is 88.3 cm³/mol. The van der Waals surface area contributed by atoms with Gasteiger partial charge in [-0.1, -0.05) is 12.5 Å². The molecule has 2 aliphatic rings. The zero-order valence-corrected chi connectivity index (χ0v) is 14.2. The Kier molecular flexibility index (Phi) is 4.48. The lowest BCUT2D eigenvalue weighted by Crippen LogP contribution is -2.46. The third-order valence-electron chi connectivity index (χ3n) is 4.60. The Balaban J connectivity index is 1.51. The maximum Gasteiger partial charge on any atom is 0.236 e. The van der Waals surface area contributed by atoms with E-state index in [1.807, 2.05) is 24.4 Å². The number of rotatable bonds is 4. The van der Waals surface area contributed by atoms with Gasteiger partial charge in [-0.25, -0.2) is 4.98 Å². The number of aryl methyl sites for hydroxylation is 1. The zero-order valence-electron chi connectivity index (χ0n) is 13.4. The average Bonchev–Trinajstić information content (AvgIpc) is 3.30. The van der Waals surface area contributed by atoms with Crippen molar-refractivity contribution in [2.24, 2.45) is 0 Å². The summed E-state index contributed by atoms with van der Waals surface area (Å²) in [5.41, 5.74) is 1.03. The number of thiophene rings is 1. The van der Waals surface area contributed by atoms with Crippen molar-refractivity contribution in [2.45, 2.75) is 45.1 Å². The van der Waals surface area contributed by atoms with E-state index < -0.39 is 0 Å². The number of aromatic nitrogens is 1. The summed E-state index contributed by atoms with van der Waals surface area (Å²) in [5, 5.41) is 2.05. The van der Waals surface area contributed by atoms with E-state index >= 15 is 0 Å². The standard InChI is InChI=1S/C17H22N2O3S/c1-12-13(18-16(22-12)15-6-4-10-23-15)11-19-7-3-2-5-14(19)17-20-8-9-21-17/h4,6,10,14,17H,2-3,5,7-9,11H2,1H3. The molecule has 6 heteroatoms. The van der Waals surface area contributed by atoms with E-state index in [1.54, 1.807) is 11.3 Å². The largest absolute Gasteiger partial charge is 0.440 e. The van der Waals surface area contributed by atoms with Gasteiger partial charge < -0.3 is 13.9 Å². The summed E-state index contributed by atoms with van der Waals surface area (Å²) >= 11 is 1.66. The van der Waals surface area contributed by atoms with Crippen LogP contribution in [0, 0.1) is 6.92 Å². The summed E-state index contributed by atoms with van der Waals surface area (Å²) < 4.78 is 17.4. The van der Waals surface area contributed by atoms with Gasteiger partial charge in [0.05, 0.1) is 29.8 Å². The van der Waals surface area contributed by atoms with Crippen LogP contribution in [0.1, 0.15) is 30.7 Å². The minimum atomic E-state index is -0.0840. The van der Waals surface area contributed by atoms with E-state index in [4.69, 9.17) is 18.9 Å². The molecule has 2 aliphatic heterocycles. The second-order valence-corrected chi connectivity index (χ2v) is 7.09. The Morgan fingerprint density at radius 1 is 1.30 bits per heavy atom. The van der Waals surface area contributed by atoms with E-state index in [2.05, 4.69) is 4.90 Å². The van der Waals surface area contributed by atoms with Crippen LogP contribution in [0.2, 0.25) is 0 Å². The number of likely N-dealkylation sites (tertiary alicyclic amines) is 1. The zero-order chi connectivity index (χ0) is 15.6. The molecule has 0 saturated carbocycles. The van der Waals surface area contributed by atoms with Crippen LogP contribution in [-0.4, -0.2) is 42.0 Å². The maximum atomic E-state index is 5.87. The highest BCUT2D eigenvalue weighted by Crippen LogP contribution is 2.29. The van der Waals surface area contributed by atoms with Gasteiger partial charge in [0.15, 0.2) is 6.29 Å². The second kappa shape index (κ2) is 6.73. The van der Waals surface area contributed by atoms with Crippen molar-refractivity contribution in [3.63, 3.8) is 0 Å². The Hall–Kier alpha value is -1.21. The third kappa shape index (κ3) is 3.21. The molecule has 0 bridgehead atoms. The molecule has 0 N–H and O–H groups in total. The van der Waals surface area contributed by atoms with Gasteiger partial charge in [-0.05, 0) is 37.8 Å². The van der Waals surface area contributed by atoms with Crippen LogP contribution in [0.3, 0.4) is 0 Å². The number of oxazole rings is 1. The summed E-state index contributed by atoms with van der Waals surface area (Å²) in [6.45, 7) is 5.28. The van der Waals surface area contributed by atoms with Crippen LogP contribution in [0.5, 0.6) is 0 Å². The third-order valence-corrected chi connectivity index (χ3v) is 5.46. The van der Waals surface area contributed by atoms with Crippen LogP contribution in [-0.2, 0) is 16.0 Å². The minimum absolute atomic E-state index is 0.0840. The molecule has 1 atom stereocenters. The molecule has 4 heterocycles. The first-order valence-corrected chi connectivity index (χ1v) is 9.16. The predicted octanol–water partition coefficient (Wildman–Crippen LogP) is 3.44. The van der Waals surface area contributed by atoms with Crippen LogP contribution < -0.4 is 0 Å². The quantitative estimate of drug-likeness (QED) is 0.857. The van der Waals surface area contributed by atoms with E-state index in [0.717, 1.165) is 41.7 Å². The highest BCUT2D eigenvalue weighted by atomic mass is 32.1. The molecule has 1 unspecified atom stereocenters. The Morgan fingerprint density at radius 3 is 2.96 bits per heavy atom. The summed E-state index contributed by atoms with van der Waals surface area (Å²) in [6.07, 6.45) is 3.50. The van der Waals surface area contributed by atoms with E-state index in [0.29, 0.717) is 19.3 Å². The molecule has 23 heavy (non-hydrogen) atoms. The summed E-state index contributed by atoms with van der Waals surface area (Å²) in [5.74, 6) is 1.64. The first-order chi connectivity index (χ1) is 11.3. The van der Waals surface area contributed by atoms with Crippen LogP contribution >= 0.6 is 11.3 Å². The van der Waals surface area contributed by atoms with Crippen molar-refractivity contribution in [1.82, 2.24) is 9.88 Å². The average molecular weight is 334 g/mol. The molecule has 2 aromatic rings. The van der Waals surface area contributed by atoms with Crippen molar-refractivity contribution >= 4 is 11.3 Å². The first kappa shape index (κ1) is 15.3. The highest BCUT2D eigenvalue weighted by molar-refractivity contribution is 7.13. The molecule has 2 aromatic heterocycles. The second-order valence-electron chi connectivity index (χ2n) is 6.14. The number of piperidine rings is 1. The topological polar surface area (TPSA) is 47.7 Å². The molecule has 0 radical (unpaired) electrons. The van der Waals surface area contributed by atoms with Gasteiger partial charge in [-0.2, -0.15) is 0 Å². The lowest BCUT2D eigenvalue weighted by atomic mass is 10.0. The lowest BCUT2D eigenvalue weighted by molar-refractivity contribution is -0.111. The molecule has 0 spiro atoms. The van der Waals surface area contributed by atoms with Gasteiger partial charge >= 0.3 is 0 Å². The van der Waals surface area contributed by atoms with E-state index in [-0.39, 0.29) is 6.29 Å². The number of nitrogens with zero attached hydrogens (tertiary/aromatic N) is 2. The molecule has 0 aliphatic carbocycles. The summed E-state index contributed by atoms with van der Waals surface area (Å²) in [7, 11) is 0. The van der Waals surface area contributed by atoms with Gasteiger partial charge in [0.25, 0.3) is 0 Å². The Labute approximate surface area is 140 Å². The smallest absolute Gasteiger partial charge is 0.236 e. The Bertz CT molecular complexity index is 634. The molecule has 0 aromatic carbocycles. The molecule has 5 nitrogen and oxygen atoms in total. The number of hydrogen-bond acceptors (Lipinski definition) is 6. The van der Waals surface area contributed by atoms with Gasteiger partial charge in [-0.3, -0.25) is 4.90 Å². The fourth-order valence-electron chi connectivity index (χ4n) is 3.39. The van der Waals surface area contributed by atoms with Crippen LogP contribution in [0.4, 0.5) is 0 Å². The van der Waals surface area contributed by atoms with Crippen molar-refractivity contribution in [2.75, 3.05) is 19.8 Å². The van der Waals surface area contributed by atoms with Crippen molar-refractivity contribution in [3.05, 3.63) is 29.0 Å². The molecule has 4 rings (SSSR count). The fourth-order valence-corrected chi connectivity index (χ4v) is 4.04. The van der Waals surface area contributed by atoms with Gasteiger partial charge in [0, 0.05) is 6.54 Å². The lowest BCUT2D eigenvalue weighted by Gasteiger charge is -2.37. The Morgan fingerprint density at radius 2 is 2.17 bits per heavy atom. The molecular formula is C17H22N2O3S. The summed E-state index contributed by atoms with van der Waals surface area (Å²) in [4.78, 5) is 8.26. The fraction of sp³-hybridized carbons (Fsp3) is 0.588. The van der Waals surface area contributed by atoms with Gasteiger partial charge in [0.2, 0.25) is 5.89 Å². The normalized spacial score (nSPS) is 23.6. The van der Waals surface area contributed by atoms with Gasteiger partial charge in [-0.15, -0.1) is 11.3 Å². The van der Waals surface area contributed by atoms with Crippen molar-refractivity contribution in [1.29, 1.82) is 0 Å². The SMILES string of the molecule is Cc1oc(-c2cccs2)nc1CN1CCCCC1C1OCCO1. The minimum Gasteiger partial charge on any atom is -0.440 e. The van der Waals surface area contributed by atoms with Crippen LogP contribution in [0.25, 0.3) is 10.8 Å². The van der Waals surface area contributed by atoms with E-state index in [9.17, 15) is 0 Å². The van der Waals surface area contributed by atoms with Gasteiger partial charge in [0.1, 0.15) is 5.76 Å². The number of hydrogen-bond donors (Lipinski definition) is 0. The molecule has 124 valence electrons. The first-order valence-electron chi connectivity index (χ1n) is 8.29. The molecule has 2 fully saturated rings. The molecule has 0 amide bonds. The highest BCUT2D eigenvalue weighted by Gasteiger charge is 2.34. The monoisotopic (exact) mass is 334 g/mol. The molecular weight excluding hydrogens is 312 g/mol. The molecule has 2 saturated heterocycles.